The summed E-state index contributed by atoms with van der Waals surface area (Å²) in [5, 5.41) is 3.16. The maximum Gasteiger partial charge on any atom is 0.261 e. The second-order valence-corrected chi connectivity index (χ2v) is 9.43. The molecule has 1 fully saturated rings. The number of ether oxygens (including phenoxy) is 1. The molecular weight excluding hydrogens is 431 g/mol. The summed E-state index contributed by atoms with van der Waals surface area (Å²) in [5.74, 6) is 0.278. The summed E-state index contributed by atoms with van der Waals surface area (Å²) in [4.78, 5) is 28.1. The van der Waals surface area contributed by atoms with Crippen molar-refractivity contribution in [3.8, 4) is 5.75 Å². The Kier molecular flexibility index (Phi) is 9.49. The van der Waals surface area contributed by atoms with Crippen molar-refractivity contribution in [3.05, 3.63) is 65.5 Å². The summed E-state index contributed by atoms with van der Waals surface area (Å²) in [6.07, 6.45) is 5.86. The van der Waals surface area contributed by atoms with Crippen molar-refractivity contribution in [3.63, 3.8) is 0 Å². The summed E-state index contributed by atoms with van der Waals surface area (Å²) >= 11 is 0. The highest BCUT2D eigenvalue weighted by Crippen LogP contribution is 2.21. The number of hydrogen-bond acceptors (Lipinski definition) is 3. The minimum Gasteiger partial charge on any atom is -0.484 e. The minimum absolute atomic E-state index is 0.133. The molecule has 1 atom stereocenters. The van der Waals surface area contributed by atoms with Crippen LogP contribution in [0.15, 0.2) is 48.5 Å². The molecule has 0 radical (unpaired) electrons. The predicted molar refractivity (Wildman–Crippen MR) is 132 cm³/mol. The molecule has 1 saturated carbocycles. The predicted octanol–water partition coefficient (Wildman–Crippen LogP) is 5.58. The van der Waals surface area contributed by atoms with E-state index >= 15 is 0 Å². The Morgan fingerprint density at radius 3 is 2.26 bits per heavy atom. The van der Waals surface area contributed by atoms with Gasteiger partial charge in [0, 0.05) is 12.6 Å². The van der Waals surface area contributed by atoms with Crippen LogP contribution in [0.5, 0.6) is 5.75 Å². The summed E-state index contributed by atoms with van der Waals surface area (Å²) in [7, 11) is 0. The van der Waals surface area contributed by atoms with Gasteiger partial charge in [-0.15, -0.1) is 0 Å². The Hall–Kier alpha value is -2.89. The number of amides is 2. The molecule has 0 aromatic heterocycles. The van der Waals surface area contributed by atoms with E-state index in [9.17, 15) is 14.0 Å². The zero-order valence-electron chi connectivity index (χ0n) is 20.6. The van der Waals surface area contributed by atoms with Crippen LogP contribution >= 0.6 is 0 Å². The van der Waals surface area contributed by atoms with Gasteiger partial charge in [0.2, 0.25) is 5.91 Å². The number of carbonyl (C=O) groups is 2. The molecule has 3 rings (SSSR count). The lowest BCUT2D eigenvalue weighted by Gasteiger charge is -2.32. The molecule has 2 amide bonds. The first-order valence-electron chi connectivity index (χ1n) is 12.4. The maximum absolute atomic E-state index is 13.4. The van der Waals surface area contributed by atoms with Gasteiger partial charge in [0.25, 0.3) is 5.91 Å². The summed E-state index contributed by atoms with van der Waals surface area (Å²) < 4.78 is 19.2. The molecule has 6 heteroatoms. The van der Waals surface area contributed by atoms with Crippen molar-refractivity contribution in [1.29, 1.82) is 0 Å². The average molecular weight is 469 g/mol. The Balaban J connectivity index is 1.73. The van der Waals surface area contributed by atoms with Gasteiger partial charge in [-0.1, -0.05) is 64.3 Å². The zero-order chi connectivity index (χ0) is 24.5. The largest absolute Gasteiger partial charge is 0.484 e. The lowest BCUT2D eigenvalue weighted by atomic mass is 9.95. The summed E-state index contributed by atoms with van der Waals surface area (Å²) in [6, 6.07) is 13.3. The van der Waals surface area contributed by atoms with Gasteiger partial charge in [0.1, 0.15) is 17.6 Å². The normalized spacial score (nSPS) is 15.1. The second-order valence-electron chi connectivity index (χ2n) is 9.43. The van der Waals surface area contributed by atoms with Crippen molar-refractivity contribution in [2.75, 3.05) is 6.61 Å². The smallest absolute Gasteiger partial charge is 0.261 e. The van der Waals surface area contributed by atoms with E-state index in [-0.39, 0.29) is 36.8 Å². The quantitative estimate of drug-likeness (QED) is 0.495. The highest BCUT2D eigenvalue weighted by atomic mass is 19.1. The van der Waals surface area contributed by atoms with E-state index in [0.29, 0.717) is 18.1 Å². The Morgan fingerprint density at radius 1 is 1.03 bits per heavy atom. The number of rotatable bonds is 10. The van der Waals surface area contributed by atoms with Gasteiger partial charge in [-0.2, -0.15) is 0 Å². The van der Waals surface area contributed by atoms with Crippen LogP contribution in [-0.4, -0.2) is 35.4 Å². The molecule has 1 N–H and O–H groups in total. The molecule has 0 spiro atoms. The van der Waals surface area contributed by atoms with Crippen LogP contribution in [0.3, 0.4) is 0 Å². The SMILES string of the molecule is CC[C@H](C(=O)NC1CCCCC1)N(Cc1ccc(F)cc1)C(=O)COc1ccc(C(C)C)cc1. The molecular formula is C28H37FN2O3. The van der Waals surface area contributed by atoms with Crippen molar-refractivity contribution in [2.24, 2.45) is 0 Å². The number of benzene rings is 2. The second kappa shape index (κ2) is 12.5. The van der Waals surface area contributed by atoms with Crippen LogP contribution < -0.4 is 10.1 Å². The molecule has 1 aliphatic rings. The number of halogens is 1. The molecule has 2 aromatic carbocycles. The lowest BCUT2D eigenvalue weighted by molar-refractivity contribution is -0.143. The molecule has 34 heavy (non-hydrogen) atoms. The van der Waals surface area contributed by atoms with Crippen LogP contribution in [0.1, 0.15) is 76.3 Å². The van der Waals surface area contributed by atoms with Crippen LogP contribution in [0, 0.1) is 5.82 Å². The van der Waals surface area contributed by atoms with Gasteiger partial charge >= 0.3 is 0 Å². The molecule has 0 bridgehead atoms. The Labute approximate surface area is 202 Å². The van der Waals surface area contributed by atoms with Crippen LogP contribution in [0.2, 0.25) is 0 Å². The molecule has 2 aromatic rings. The highest BCUT2D eigenvalue weighted by Gasteiger charge is 2.30. The number of nitrogens with one attached hydrogen (secondary N) is 1. The highest BCUT2D eigenvalue weighted by molar-refractivity contribution is 5.88. The molecule has 0 saturated heterocycles. The van der Waals surface area contributed by atoms with Crippen molar-refractivity contribution in [1.82, 2.24) is 10.2 Å². The number of carbonyl (C=O) groups excluding carboxylic acids is 2. The van der Waals surface area contributed by atoms with Crippen molar-refractivity contribution in [2.45, 2.75) is 83.8 Å². The van der Waals surface area contributed by atoms with E-state index in [2.05, 4.69) is 19.2 Å². The lowest BCUT2D eigenvalue weighted by Crippen LogP contribution is -2.52. The number of hydrogen-bond donors (Lipinski definition) is 1. The number of nitrogens with zero attached hydrogens (tertiary/aromatic N) is 1. The molecule has 0 aliphatic heterocycles. The topological polar surface area (TPSA) is 58.6 Å². The first kappa shape index (κ1) is 25.7. The van der Waals surface area contributed by atoms with Gasteiger partial charge in [-0.25, -0.2) is 4.39 Å². The van der Waals surface area contributed by atoms with E-state index in [4.69, 9.17) is 4.74 Å². The monoisotopic (exact) mass is 468 g/mol. The fourth-order valence-corrected chi connectivity index (χ4v) is 4.43. The molecule has 0 unspecified atom stereocenters. The van der Waals surface area contributed by atoms with Crippen LogP contribution in [0.4, 0.5) is 4.39 Å². The van der Waals surface area contributed by atoms with Gasteiger partial charge in [0.15, 0.2) is 6.61 Å². The van der Waals surface area contributed by atoms with E-state index < -0.39 is 6.04 Å². The van der Waals surface area contributed by atoms with E-state index in [0.717, 1.165) is 31.2 Å². The van der Waals surface area contributed by atoms with E-state index in [1.54, 1.807) is 17.0 Å². The minimum atomic E-state index is -0.619. The van der Waals surface area contributed by atoms with E-state index in [1.807, 2.05) is 31.2 Å². The third-order valence-corrected chi connectivity index (χ3v) is 6.51. The van der Waals surface area contributed by atoms with Gasteiger partial charge in [-0.05, 0) is 60.6 Å². The molecule has 1 aliphatic carbocycles. The maximum atomic E-state index is 13.4. The Bertz CT molecular complexity index is 922. The van der Waals surface area contributed by atoms with Gasteiger partial charge in [-0.3, -0.25) is 9.59 Å². The molecule has 5 nitrogen and oxygen atoms in total. The first-order chi connectivity index (χ1) is 16.4. The van der Waals surface area contributed by atoms with Crippen LogP contribution in [-0.2, 0) is 16.1 Å². The average Bonchev–Trinajstić information content (AvgIpc) is 2.84. The van der Waals surface area contributed by atoms with Crippen molar-refractivity contribution < 1.29 is 18.7 Å². The summed E-state index contributed by atoms with van der Waals surface area (Å²) in [5.41, 5.74) is 1.96. The van der Waals surface area contributed by atoms with Gasteiger partial charge in [0.05, 0.1) is 0 Å². The third-order valence-electron chi connectivity index (χ3n) is 6.51. The summed E-state index contributed by atoms with van der Waals surface area (Å²) in [6.45, 7) is 6.19. The standard InChI is InChI=1S/C28H37FN2O3/c1-4-26(28(33)30-24-8-6-5-7-9-24)31(18-21-10-14-23(29)15-11-21)27(32)19-34-25-16-12-22(13-17-25)20(2)3/h10-17,20,24,26H,4-9,18-19H2,1-3H3,(H,30,33)/t26-/m1/s1. The fourth-order valence-electron chi connectivity index (χ4n) is 4.43. The van der Waals surface area contributed by atoms with Crippen LogP contribution in [0.25, 0.3) is 0 Å². The van der Waals surface area contributed by atoms with Gasteiger partial charge < -0.3 is 15.0 Å². The Morgan fingerprint density at radius 2 is 1.68 bits per heavy atom. The third kappa shape index (κ3) is 7.31. The first-order valence-corrected chi connectivity index (χ1v) is 12.4. The van der Waals surface area contributed by atoms with Crippen molar-refractivity contribution >= 4 is 11.8 Å². The zero-order valence-corrected chi connectivity index (χ0v) is 20.6. The fraction of sp³-hybridized carbons (Fsp3) is 0.500. The molecule has 0 heterocycles. The van der Waals surface area contributed by atoms with E-state index in [1.165, 1.54) is 24.1 Å². The molecule has 184 valence electrons.